The van der Waals surface area contributed by atoms with Crippen LogP contribution in [0.1, 0.15) is 30.0 Å². The minimum atomic E-state index is -0.840. The van der Waals surface area contributed by atoms with Gasteiger partial charge in [0, 0.05) is 38.1 Å². The number of nitrogens with zero attached hydrogens (tertiary/aromatic N) is 2. The van der Waals surface area contributed by atoms with Gasteiger partial charge in [-0.25, -0.2) is 4.39 Å². The van der Waals surface area contributed by atoms with Crippen LogP contribution < -0.4 is 10.6 Å². The van der Waals surface area contributed by atoms with E-state index in [2.05, 4.69) is 15.6 Å². The first-order valence-corrected chi connectivity index (χ1v) is 9.00. The maximum absolute atomic E-state index is 14.4. The lowest BCUT2D eigenvalue weighted by Crippen LogP contribution is -2.48. The number of benzene rings is 1. The van der Waals surface area contributed by atoms with Crippen LogP contribution in [0, 0.1) is 5.82 Å². The van der Waals surface area contributed by atoms with E-state index in [9.17, 15) is 14.0 Å². The molecular weight excluding hydrogens is 347 g/mol. The summed E-state index contributed by atoms with van der Waals surface area (Å²) in [6.45, 7) is 0.915. The highest BCUT2D eigenvalue weighted by molar-refractivity contribution is 5.86. The molecule has 27 heavy (non-hydrogen) atoms. The number of likely N-dealkylation sites (N-methyl/N-ethyl adjacent to an activating group) is 1. The van der Waals surface area contributed by atoms with E-state index in [4.69, 9.17) is 0 Å². The van der Waals surface area contributed by atoms with Gasteiger partial charge in [0.1, 0.15) is 11.9 Å². The summed E-state index contributed by atoms with van der Waals surface area (Å²) in [7, 11) is 1.52. The Kier molecular flexibility index (Phi) is 6.13. The van der Waals surface area contributed by atoms with Crippen LogP contribution in [-0.2, 0) is 16.1 Å². The van der Waals surface area contributed by atoms with Crippen LogP contribution in [0.2, 0.25) is 0 Å². The molecule has 2 amide bonds. The third-order valence-corrected chi connectivity index (χ3v) is 4.81. The first kappa shape index (κ1) is 19.0. The molecule has 0 aliphatic carbocycles. The molecule has 2 atom stereocenters. The van der Waals surface area contributed by atoms with Gasteiger partial charge >= 0.3 is 0 Å². The second-order valence-corrected chi connectivity index (χ2v) is 6.51. The number of pyridine rings is 1. The number of rotatable bonds is 6. The molecule has 0 spiro atoms. The van der Waals surface area contributed by atoms with Crippen molar-refractivity contribution in [3.63, 3.8) is 0 Å². The summed E-state index contributed by atoms with van der Waals surface area (Å²) < 4.78 is 14.4. The maximum Gasteiger partial charge on any atom is 0.241 e. The van der Waals surface area contributed by atoms with E-state index in [1.807, 2.05) is 12.1 Å². The average molecular weight is 370 g/mol. The molecule has 1 saturated heterocycles. The Morgan fingerprint density at radius 1 is 1.30 bits per heavy atom. The van der Waals surface area contributed by atoms with E-state index in [-0.39, 0.29) is 17.4 Å². The van der Waals surface area contributed by atoms with Gasteiger partial charge in [0.15, 0.2) is 0 Å². The molecule has 6 nitrogen and oxygen atoms in total. The normalized spacial score (nSPS) is 18.1. The SMILES string of the molecule is CNC(=O)C(c1ccccc1F)N1CCCC1C(=O)NCc1cccnc1. The molecule has 1 aliphatic rings. The monoisotopic (exact) mass is 370 g/mol. The summed E-state index contributed by atoms with van der Waals surface area (Å²) in [5.41, 5.74) is 1.18. The van der Waals surface area contributed by atoms with Crippen LogP contribution in [0.3, 0.4) is 0 Å². The number of carbonyl (C=O) groups excluding carboxylic acids is 2. The van der Waals surface area contributed by atoms with E-state index >= 15 is 0 Å². The molecule has 2 aromatic rings. The predicted molar refractivity (Wildman–Crippen MR) is 99.0 cm³/mol. The van der Waals surface area contributed by atoms with Gasteiger partial charge in [-0.3, -0.25) is 19.5 Å². The highest BCUT2D eigenvalue weighted by atomic mass is 19.1. The predicted octanol–water partition coefficient (Wildman–Crippen LogP) is 1.79. The number of likely N-dealkylation sites (tertiary alicyclic amines) is 1. The number of nitrogens with one attached hydrogen (secondary N) is 2. The molecule has 1 aliphatic heterocycles. The second-order valence-electron chi connectivity index (χ2n) is 6.51. The van der Waals surface area contributed by atoms with Crippen LogP contribution >= 0.6 is 0 Å². The molecule has 1 fully saturated rings. The number of halogens is 1. The molecule has 2 unspecified atom stereocenters. The van der Waals surface area contributed by atoms with Gasteiger partial charge in [0.05, 0.1) is 6.04 Å². The summed E-state index contributed by atoms with van der Waals surface area (Å²) in [5, 5.41) is 5.50. The number of aromatic nitrogens is 1. The summed E-state index contributed by atoms with van der Waals surface area (Å²) in [5.74, 6) is -0.943. The topological polar surface area (TPSA) is 74.3 Å². The number of hydrogen-bond acceptors (Lipinski definition) is 4. The molecule has 142 valence electrons. The Morgan fingerprint density at radius 2 is 2.11 bits per heavy atom. The summed E-state index contributed by atoms with van der Waals surface area (Å²) in [4.78, 5) is 31.1. The van der Waals surface area contributed by atoms with Gasteiger partial charge in [-0.15, -0.1) is 0 Å². The Bertz CT molecular complexity index is 800. The molecule has 0 bridgehead atoms. The van der Waals surface area contributed by atoms with Crippen molar-refractivity contribution in [3.8, 4) is 0 Å². The Morgan fingerprint density at radius 3 is 2.81 bits per heavy atom. The van der Waals surface area contributed by atoms with Crippen LogP contribution in [0.5, 0.6) is 0 Å². The molecule has 7 heteroatoms. The number of carbonyl (C=O) groups is 2. The highest BCUT2D eigenvalue weighted by Crippen LogP contribution is 2.31. The molecule has 1 aromatic heterocycles. The zero-order chi connectivity index (χ0) is 19.2. The largest absolute Gasteiger partial charge is 0.358 e. The highest BCUT2D eigenvalue weighted by Gasteiger charge is 2.39. The van der Waals surface area contributed by atoms with Crippen LogP contribution in [0.25, 0.3) is 0 Å². The third-order valence-electron chi connectivity index (χ3n) is 4.81. The van der Waals surface area contributed by atoms with E-state index in [1.165, 1.54) is 13.1 Å². The Labute approximate surface area is 157 Å². The van der Waals surface area contributed by atoms with Crippen molar-refractivity contribution in [2.75, 3.05) is 13.6 Å². The minimum Gasteiger partial charge on any atom is -0.358 e. The Hall–Kier alpha value is -2.80. The molecule has 3 rings (SSSR count). The van der Waals surface area contributed by atoms with E-state index in [1.54, 1.807) is 35.5 Å². The van der Waals surface area contributed by atoms with Gasteiger partial charge in [-0.05, 0) is 30.5 Å². The van der Waals surface area contributed by atoms with Crippen LogP contribution in [-0.4, -0.2) is 41.3 Å². The fourth-order valence-corrected chi connectivity index (χ4v) is 3.49. The van der Waals surface area contributed by atoms with Crippen molar-refractivity contribution in [2.24, 2.45) is 0 Å². The van der Waals surface area contributed by atoms with Crippen molar-refractivity contribution in [1.29, 1.82) is 0 Å². The van der Waals surface area contributed by atoms with Gasteiger partial charge < -0.3 is 10.6 Å². The lowest BCUT2D eigenvalue weighted by atomic mass is 10.0. The number of hydrogen-bond donors (Lipinski definition) is 2. The minimum absolute atomic E-state index is 0.165. The van der Waals surface area contributed by atoms with Crippen molar-refractivity contribution >= 4 is 11.8 Å². The first-order valence-electron chi connectivity index (χ1n) is 9.00. The summed E-state index contributed by atoms with van der Waals surface area (Å²) >= 11 is 0. The van der Waals surface area contributed by atoms with E-state index in [0.29, 0.717) is 19.5 Å². The molecule has 0 saturated carbocycles. The molecule has 0 radical (unpaired) electrons. The maximum atomic E-state index is 14.4. The zero-order valence-electron chi connectivity index (χ0n) is 15.2. The van der Waals surface area contributed by atoms with Crippen molar-refractivity contribution in [2.45, 2.75) is 31.5 Å². The standard InChI is InChI=1S/C20H23FN4O2/c1-22-20(27)18(15-7-2-3-8-16(15)21)25-11-5-9-17(25)19(26)24-13-14-6-4-10-23-12-14/h2-4,6-8,10,12,17-18H,5,9,11,13H2,1H3,(H,22,27)(H,24,26). The second kappa shape index (κ2) is 8.73. The van der Waals surface area contributed by atoms with Crippen molar-refractivity contribution < 1.29 is 14.0 Å². The first-order chi connectivity index (χ1) is 13.1. The van der Waals surface area contributed by atoms with E-state index < -0.39 is 17.9 Å². The van der Waals surface area contributed by atoms with Crippen LogP contribution in [0.4, 0.5) is 4.39 Å². The molecular formula is C20H23FN4O2. The van der Waals surface area contributed by atoms with Gasteiger partial charge in [0.25, 0.3) is 0 Å². The third kappa shape index (κ3) is 4.31. The van der Waals surface area contributed by atoms with Gasteiger partial charge in [-0.1, -0.05) is 24.3 Å². The smallest absolute Gasteiger partial charge is 0.241 e. The quantitative estimate of drug-likeness (QED) is 0.813. The van der Waals surface area contributed by atoms with Crippen molar-refractivity contribution in [1.82, 2.24) is 20.5 Å². The van der Waals surface area contributed by atoms with E-state index in [0.717, 1.165) is 12.0 Å². The molecule has 2 N–H and O–H groups in total. The lowest BCUT2D eigenvalue weighted by molar-refractivity contribution is -0.131. The fourth-order valence-electron chi connectivity index (χ4n) is 3.49. The lowest BCUT2D eigenvalue weighted by Gasteiger charge is -2.31. The van der Waals surface area contributed by atoms with Crippen molar-refractivity contribution in [3.05, 3.63) is 65.7 Å². The average Bonchev–Trinajstić information content (AvgIpc) is 3.18. The molecule has 2 heterocycles. The number of amides is 2. The summed E-state index contributed by atoms with van der Waals surface area (Å²) in [6.07, 6.45) is 4.76. The van der Waals surface area contributed by atoms with Crippen LogP contribution in [0.15, 0.2) is 48.8 Å². The Balaban J connectivity index is 1.78. The van der Waals surface area contributed by atoms with Gasteiger partial charge in [-0.2, -0.15) is 0 Å². The summed E-state index contributed by atoms with van der Waals surface area (Å²) in [6, 6.07) is 8.58. The fraction of sp³-hybridized carbons (Fsp3) is 0.350. The molecule has 1 aromatic carbocycles. The van der Waals surface area contributed by atoms with Gasteiger partial charge in [0.2, 0.25) is 11.8 Å². The zero-order valence-corrected chi connectivity index (χ0v) is 15.2.